The van der Waals surface area contributed by atoms with Crippen molar-refractivity contribution in [3.05, 3.63) is 59.7 Å². The molecular weight excluding hydrogens is 302 g/mol. The molecule has 25 heavy (non-hydrogen) atoms. The van der Waals surface area contributed by atoms with Crippen LogP contribution in [0.4, 0.5) is 0 Å². The number of rotatable bonds is 4. The maximum atomic E-state index is 2.75. The summed E-state index contributed by atoms with van der Waals surface area (Å²) in [5.41, 5.74) is 5.54. The van der Waals surface area contributed by atoms with Crippen LogP contribution >= 0.6 is 0 Å². The minimum atomic E-state index is 0.724. The van der Waals surface area contributed by atoms with Gasteiger partial charge in [-0.2, -0.15) is 0 Å². The smallest absolute Gasteiger partial charge is 0.00504 e. The third-order valence-corrected chi connectivity index (χ3v) is 6.23. The molecule has 2 aromatic carbocycles. The quantitative estimate of drug-likeness (QED) is 0.660. The van der Waals surface area contributed by atoms with Crippen LogP contribution in [-0.2, 0) is 0 Å². The number of benzene rings is 2. The Labute approximate surface area is 153 Å². The average molecular weight is 334 g/mol. The van der Waals surface area contributed by atoms with Gasteiger partial charge in [0.15, 0.2) is 0 Å². The van der Waals surface area contributed by atoms with Gasteiger partial charge in [-0.05, 0) is 67.7 Å². The molecule has 132 valence electrons. The van der Waals surface area contributed by atoms with Crippen molar-refractivity contribution < 1.29 is 0 Å². The van der Waals surface area contributed by atoms with Crippen LogP contribution in [0.2, 0.25) is 0 Å². The Morgan fingerprint density at radius 2 is 1.68 bits per heavy atom. The maximum absolute atomic E-state index is 2.75. The zero-order valence-electron chi connectivity index (χ0n) is 15.6. The highest BCUT2D eigenvalue weighted by atomic mass is 15.1. The minimum Gasteiger partial charge on any atom is -0.302 e. The van der Waals surface area contributed by atoms with E-state index in [1.165, 1.54) is 80.4 Å². The number of nitrogens with zero attached hydrogens (tertiary/aromatic N) is 1. The lowest BCUT2D eigenvalue weighted by Gasteiger charge is -2.34. The first-order chi connectivity index (χ1) is 12.3. The first kappa shape index (κ1) is 16.8. The van der Waals surface area contributed by atoms with Gasteiger partial charge in [-0.1, -0.05) is 66.9 Å². The molecule has 0 N–H and O–H groups in total. The lowest BCUT2D eigenvalue weighted by atomic mass is 9.89. The predicted molar refractivity (Wildman–Crippen MR) is 107 cm³/mol. The zero-order valence-corrected chi connectivity index (χ0v) is 15.6. The number of aryl methyl sites for hydroxylation is 1. The lowest BCUT2D eigenvalue weighted by Crippen LogP contribution is -2.37. The summed E-state index contributed by atoms with van der Waals surface area (Å²) in [5.74, 6) is 1.70. The van der Waals surface area contributed by atoms with E-state index in [1.54, 1.807) is 0 Å². The van der Waals surface area contributed by atoms with Gasteiger partial charge in [0, 0.05) is 13.1 Å². The van der Waals surface area contributed by atoms with E-state index in [1.807, 2.05) is 0 Å². The SMILES string of the molecule is Cc1cccc(-c2ccc(C3CCCN(CC4CCCC4)C3)cc2)c1. The molecule has 1 saturated heterocycles. The van der Waals surface area contributed by atoms with E-state index in [-0.39, 0.29) is 0 Å². The van der Waals surface area contributed by atoms with Gasteiger partial charge >= 0.3 is 0 Å². The van der Waals surface area contributed by atoms with Crippen LogP contribution in [0.1, 0.15) is 55.6 Å². The molecule has 1 atom stereocenters. The van der Waals surface area contributed by atoms with Gasteiger partial charge in [0.2, 0.25) is 0 Å². The van der Waals surface area contributed by atoms with Crippen LogP contribution in [0, 0.1) is 12.8 Å². The average Bonchev–Trinajstić information content (AvgIpc) is 3.15. The summed E-state index contributed by atoms with van der Waals surface area (Å²) in [6.45, 7) is 6.09. The molecule has 1 heterocycles. The highest BCUT2D eigenvalue weighted by Gasteiger charge is 2.24. The summed E-state index contributed by atoms with van der Waals surface area (Å²) in [6.07, 6.45) is 8.56. The normalized spacial score (nSPS) is 22.4. The molecule has 2 aliphatic rings. The largest absolute Gasteiger partial charge is 0.302 e. The fourth-order valence-electron chi connectivity index (χ4n) is 4.82. The molecule has 0 amide bonds. The standard InChI is InChI=1S/C24H31N/c1-19-6-4-9-23(16-19)21-11-13-22(14-12-21)24-10-5-15-25(18-24)17-20-7-2-3-8-20/h4,6,9,11-14,16,20,24H,2-3,5,7-8,10,15,17-18H2,1H3. The van der Waals surface area contributed by atoms with Crippen molar-refractivity contribution in [1.29, 1.82) is 0 Å². The molecule has 1 aliphatic carbocycles. The second-order valence-electron chi connectivity index (χ2n) is 8.24. The van der Waals surface area contributed by atoms with Gasteiger partial charge in [-0.15, -0.1) is 0 Å². The Balaban J connectivity index is 1.42. The number of piperidine rings is 1. The molecule has 0 bridgehead atoms. The monoisotopic (exact) mass is 333 g/mol. The first-order valence-corrected chi connectivity index (χ1v) is 10.2. The summed E-state index contributed by atoms with van der Waals surface area (Å²) >= 11 is 0. The van der Waals surface area contributed by atoms with Crippen LogP contribution in [0.3, 0.4) is 0 Å². The van der Waals surface area contributed by atoms with Crippen LogP contribution in [0.25, 0.3) is 11.1 Å². The van der Waals surface area contributed by atoms with Crippen molar-refractivity contribution in [2.24, 2.45) is 5.92 Å². The Hall–Kier alpha value is -1.60. The van der Waals surface area contributed by atoms with Gasteiger partial charge in [-0.25, -0.2) is 0 Å². The molecule has 1 heteroatoms. The van der Waals surface area contributed by atoms with Gasteiger partial charge in [0.25, 0.3) is 0 Å². The van der Waals surface area contributed by atoms with Crippen LogP contribution in [0.5, 0.6) is 0 Å². The van der Waals surface area contributed by atoms with Crippen molar-refractivity contribution in [2.45, 2.75) is 51.4 Å². The van der Waals surface area contributed by atoms with E-state index >= 15 is 0 Å². The third kappa shape index (κ3) is 4.15. The molecule has 0 aromatic heterocycles. The van der Waals surface area contributed by atoms with Crippen LogP contribution < -0.4 is 0 Å². The van der Waals surface area contributed by atoms with Gasteiger partial charge < -0.3 is 4.90 Å². The van der Waals surface area contributed by atoms with E-state index in [0.29, 0.717) is 0 Å². The zero-order chi connectivity index (χ0) is 17.1. The summed E-state index contributed by atoms with van der Waals surface area (Å²) in [6, 6.07) is 18.2. The fraction of sp³-hybridized carbons (Fsp3) is 0.500. The Morgan fingerprint density at radius 1 is 0.880 bits per heavy atom. The van der Waals surface area contributed by atoms with Crippen molar-refractivity contribution in [1.82, 2.24) is 4.90 Å². The summed E-state index contributed by atoms with van der Waals surface area (Å²) in [4.78, 5) is 2.75. The Bertz CT molecular complexity index is 681. The molecule has 1 saturated carbocycles. The lowest BCUT2D eigenvalue weighted by molar-refractivity contribution is 0.179. The van der Waals surface area contributed by atoms with Crippen molar-refractivity contribution in [2.75, 3.05) is 19.6 Å². The number of hydrogen-bond donors (Lipinski definition) is 0. The van der Waals surface area contributed by atoms with Gasteiger partial charge in [0.1, 0.15) is 0 Å². The first-order valence-electron chi connectivity index (χ1n) is 10.2. The second-order valence-corrected chi connectivity index (χ2v) is 8.24. The highest BCUT2D eigenvalue weighted by molar-refractivity contribution is 5.64. The molecule has 2 fully saturated rings. The van der Waals surface area contributed by atoms with E-state index < -0.39 is 0 Å². The van der Waals surface area contributed by atoms with Crippen molar-refractivity contribution >= 4 is 0 Å². The molecule has 1 nitrogen and oxygen atoms in total. The van der Waals surface area contributed by atoms with Crippen molar-refractivity contribution in [3.8, 4) is 11.1 Å². The molecule has 4 rings (SSSR count). The Morgan fingerprint density at radius 3 is 2.44 bits per heavy atom. The third-order valence-electron chi connectivity index (χ3n) is 6.23. The molecule has 2 aromatic rings. The summed E-state index contributed by atoms with van der Waals surface area (Å²) in [7, 11) is 0. The maximum Gasteiger partial charge on any atom is 0.00504 e. The van der Waals surface area contributed by atoms with Crippen LogP contribution in [0.15, 0.2) is 48.5 Å². The predicted octanol–water partition coefficient (Wildman–Crippen LogP) is 6.03. The fourth-order valence-corrected chi connectivity index (χ4v) is 4.82. The highest BCUT2D eigenvalue weighted by Crippen LogP contribution is 2.31. The van der Waals surface area contributed by atoms with E-state index in [2.05, 4.69) is 60.4 Å². The van der Waals surface area contributed by atoms with Crippen molar-refractivity contribution in [3.63, 3.8) is 0 Å². The topological polar surface area (TPSA) is 3.24 Å². The Kier molecular flexibility index (Phi) is 5.22. The second kappa shape index (κ2) is 7.74. The molecule has 0 radical (unpaired) electrons. The van der Waals surface area contributed by atoms with E-state index in [0.717, 1.165) is 11.8 Å². The molecule has 1 aliphatic heterocycles. The summed E-state index contributed by atoms with van der Waals surface area (Å²) in [5, 5.41) is 0. The van der Waals surface area contributed by atoms with E-state index in [9.17, 15) is 0 Å². The van der Waals surface area contributed by atoms with Gasteiger partial charge in [0.05, 0.1) is 0 Å². The minimum absolute atomic E-state index is 0.724. The molecule has 1 unspecified atom stereocenters. The molecule has 0 spiro atoms. The van der Waals surface area contributed by atoms with Gasteiger partial charge in [-0.3, -0.25) is 0 Å². The number of hydrogen-bond acceptors (Lipinski definition) is 1. The number of likely N-dealkylation sites (tertiary alicyclic amines) is 1. The summed E-state index contributed by atoms with van der Waals surface area (Å²) < 4.78 is 0. The van der Waals surface area contributed by atoms with Crippen LogP contribution in [-0.4, -0.2) is 24.5 Å². The molecular formula is C24H31N. The van der Waals surface area contributed by atoms with E-state index in [4.69, 9.17) is 0 Å².